The van der Waals surface area contributed by atoms with E-state index in [0.29, 0.717) is 34.9 Å². The third-order valence-electron chi connectivity index (χ3n) is 5.30. The summed E-state index contributed by atoms with van der Waals surface area (Å²) in [6, 6.07) is 18.6. The zero-order chi connectivity index (χ0) is 26.0. The Hall–Kier alpha value is -3.46. The zero-order valence-electron chi connectivity index (χ0n) is 20.8. The van der Waals surface area contributed by atoms with Gasteiger partial charge in [0.15, 0.2) is 5.71 Å². The molecule has 1 fully saturated rings. The molecule has 0 unspecified atom stereocenters. The first-order valence-electron chi connectivity index (χ1n) is 11.6. The SMILES string of the molecule is CC.CNC(=O)/C(=N\OC)c1ccccc1COc1ncc(C2(c3ccccc3)OCCO2)cc1Cl. The molecule has 1 aromatic heterocycles. The number of carbonyl (C=O) groups is 1. The van der Waals surface area contributed by atoms with Crippen molar-refractivity contribution in [2.24, 2.45) is 5.16 Å². The van der Waals surface area contributed by atoms with E-state index in [4.69, 9.17) is 30.6 Å². The van der Waals surface area contributed by atoms with Gasteiger partial charge in [-0.2, -0.15) is 0 Å². The number of pyridine rings is 1. The van der Waals surface area contributed by atoms with E-state index in [-0.39, 0.29) is 24.1 Å². The van der Waals surface area contributed by atoms with Gasteiger partial charge in [-0.25, -0.2) is 4.98 Å². The largest absolute Gasteiger partial charge is 0.472 e. The number of hydrogen-bond donors (Lipinski definition) is 1. The van der Waals surface area contributed by atoms with E-state index in [9.17, 15) is 4.79 Å². The minimum Gasteiger partial charge on any atom is -0.472 e. The van der Waals surface area contributed by atoms with Gasteiger partial charge in [0.1, 0.15) is 18.7 Å². The lowest BCUT2D eigenvalue weighted by Gasteiger charge is -2.28. The van der Waals surface area contributed by atoms with Crippen LogP contribution in [0.25, 0.3) is 0 Å². The summed E-state index contributed by atoms with van der Waals surface area (Å²) >= 11 is 6.54. The van der Waals surface area contributed by atoms with Crippen molar-refractivity contribution in [1.82, 2.24) is 10.3 Å². The number of oxime groups is 1. The fourth-order valence-corrected chi connectivity index (χ4v) is 3.95. The summed E-state index contributed by atoms with van der Waals surface area (Å²) in [7, 11) is 2.91. The number of benzene rings is 2. The Balaban J connectivity index is 0.00000176. The third-order valence-corrected chi connectivity index (χ3v) is 5.57. The number of amides is 1. The first-order chi connectivity index (χ1) is 17.6. The summed E-state index contributed by atoms with van der Waals surface area (Å²) in [5.41, 5.74) is 2.95. The van der Waals surface area contributed by atoms with Crippen molar-refractivity contribution in [2.75, 3.05) is 27.4 Å². The smallest absolute Gasteiger partial charge is 0.273 e. The molecule has 8 nitrogen and oxygen atoms in total. The van der Waals surface area contributed by atoms with Gasteiger partial charge in [0.05, 0.1) is 13.2 Å². The first-order valence-corrected chi connectivity index (χ1v) is 12.0. The molecular weight excluding hydrogens is 482 g/mol. The van der Waals surface area contributed by atoms with Crippen LogP contribution in [0.5, 0.6) is 5.88 Å². The Morgan fingerprint density at radius 1 is 1.08 bits per heavy atom. The fourth-order valence-electron chi connectivity index (χ4n) is 3.73. The van der Waals surface area contributed by atoms with Gasteiger partial charge in [-0.15, -0.1) is 0 Å². The topological polar surface area (TPSA) is 91.3 Å². The quantitative estimate of drug-likeness (QED) is 0.348. The second-order valence-corrected chi connectivity index (χ2v) is 7.75. The van der Waals surface area contributed by atoms with Crippen LogP contribution in [0.2, 0.25) is 5.02 Å². The molecule has 2 aromatic carbocycles. The molecule has 0 bridgehead atoms. The molecule has 9 heteroatoms. The maximum absolute atomic E-state index is 12.3. The number of nitrogens with one attached hydrogen (secondary N) is 1. The van der Waals surface area contributed by atoms with Crippen LogP contribution in [0.1, 0.15) is 36.1 Å². The molecule has 1 aliphatic rings. The van der Waals surface area contributed by atoms with Gasteiger partial charge in [0, 0.05) is 29.9 Å². The predicted molar refractivity (Wildman–Crippen MR) is 138 cm³/mol. The minimum atomic E-state index is -1.07. The highest BCUT2D eigenvalue weighted by atomic mass is 35.5. The van der Waals surface area contributed by atoms with Gasteiger partial charge in [-0.3, -0.25) is 4.79 Å². The Morgan fingerprint density at radius 3 is 2.39 bits per heavy atom. The Kier molecular flexibility index (Phi) is 9.81. The number of nitrogens with zero attached hydrogens (tertiary/aromatic N) is 2. The standard InChI is InChI=1S/C25H24ClN3O5.C2H6/c1-27-23(30)22(29-31-2)20-11-7-6-8-17(20)16-32-24-21(26)14-19(15-28-24)25(33-12-13-34-25)18-9-4-3-5-10-18;1-2/h3-11,14-15H,12-13,16H2,1-2H3,(H,27,30);1-2H3/b29-22-;. The average Bonchev–Trinajstić information content (AvgIpc) is 3.44. The lowest BCUT2D eigenvalue weighted by atomic mass is 9.99. The van der Waals surface area contributed by atoms with E-state index in [2.05, 4.69) is 15.5 Å². The van der Waals surface area contributed by atoms with E-state index >= 15 is 0 Å². The van der Waals surface area contributed by atoms with E-state index in [1.54, 1.807) is 24.4 Å². The van der Waals surface area contributed by atoms with E-state index in [0.717, 1.165) is 5.56 Å². The van der Waals surface area contributed by atoms with Crippen LogP contribution in [0.3, 0.4) is 0 Å². The Morgan fingerprint density at radius 2 is 1.75 bits per heavy atom. The van der Waals surface area contributed by atoms with E-state index in [1.165, 1.54) is 14.2 Å². The highest BCUT2D eigenvalue weighted by Crippen LogP contribution is 2.40. The fraction of sp³-hybridized carbons (Fsp3) is 0.296. The van der Waals surface area contributed by atoms with Crippen molar-refractivity contribution < 1.29 is 23.8 Å². The molecule has 36 heavy (non-hydrogen) atoms. The van der Waals surface area contributed by atoms with E-state index < -0.39 is 5.79 Å². The number of hydrogen-bond acceptors (Lipinski definition) is 7. The molecule has 0 spiro atoms. The number of aromatic nitrogens is 1. The molecule has 1 aliphatic heterocycles. The van der Waals surface area contributed by atoms with Gasteiger partial charge >= 0.3 is 0 Å². The van der Waals surface area contributed by atoms with Crippen molar-refractivity contribution >= 4 is 23.2 Å². The first kappa shape index (κ1) is 27.1. The lowest BCUT2D eigenvalue weighted by Crippen LogP contribution is -2.29. The predicted octanol–water partition coefficient (Wildman–Crippen LogP) is 4.68. The Bertz CT molecular complexity index is 1180. The maximum atomic E-state index is 12.3. The number of ether oxygens (including phenoxy) is 3. The van der Waals surface area contributed by atoms with Gasteiger partial charge in [-0.05, 0) is 11.6 Å². The molecule has 4 rings (SSSR count). The van der Waals surface area contributed by atoms with Crippen LogP contribution < -0.4 is 10.1 Å². The summed E-state index contributed by atoms with van der Waals surface area (Å²) in [6.07, 6.45) is 1.63. The summed E-state index contributed by atoms with van der Waals surface area (Å²) in [4.78, 5) is 21.6. The molecular formula is C27H30ClN3O5. The van der Waals surface area contributed by atoms with Gasteiger partial charge < -0.3 is 24.4 Å². The molecule has 1 saturated heterocycles. The van der Waals surface area contributed by atoms with Crippen molar-refractivity contribution in [1.29, 1.82) is 0 Å². The van der Waals surface area contributed by atoms with Crippen molar-refractivity contribution in [3.63, 3.8) is 0 Å². The van der Waals surface area contributed by atoms with E-state index in [1.807, 2.05) is 56.3 Å². The summed E-state index contributed by atoms with van der Waals surface area (Å²) in [5, 5.41) is 6.74. The lowest BCUT2D eigenvalue weighted by molar-refractivity contribution is -0.130. The molecule has 1 N–H and O–H groups in total. The van der Waals surface area contributed by atoms with Crippen LogP contribution >= 0.6 is 11.6 Å². The van der Waals surface area contributed by atoms with Gasteiger partial charge in [-0.1, -0.05) is 85.2 Å². The number of likely N-dealkylation sites (N-methyl/N-ethyl adjacent to an activating group) is 1. The van der Waals surface area contributed by atoms with Crippen LogP contribution in [0.15, 0.2) is 72.0 Å². The van der Waals surface area contributed by atoms with Crippen LogP contribution in [0.4, 0.5) is 0 Å². The van der Waals surface area contributed by atoms with Crippen molar-refractivity contribution in [3.8, 4) is 5.88 Å². The molecule has 1 amide bonds. The molecule has 0 atom stereocenters. The summed E-state index contributed by atoms with van der Waals surface area (Å²) in [6.45, 7) is 5.02. The maximum Gasteiger partial charge on any atom is 0.273 e. The number of halogens is 1. The van der Waals surface area contributed by atoms with Crippen molar-refractivity contribution in [2.45, 2.75) is 26.2 Å². The third kappa shape index (κ3) is 5.84. The van der Waals surface area contributed by atoms with Crippen molar-refractivity contribution in [3.05, 3.63) is 94.1 Å². The molecule has 0 saturated carbocycles. The normalized spacial score (nSPS) is 14.4. The Labute approximate surface area is 216 Å². The molecule has 2 heterocycles. The second kappa shape index (κ2) is 13.0. The van der Waals surface area contributed by atoms with Gasteiger partial charge in [0.25, 0.3) is 5.91 Å². The molecule has 0 aliphatic carbocycles. The monoisotopic (exact) mass is 511 g/mol. The molecule has 0 radical (unpaired) electrons. The summed E-state index contributed by atoms with van der Waals surface area (Å²) in [5.74, 6) is -1.20. The number of carbonyl (C=O) groups excluding carboxylic acids is 1. The van der Waals surface area contributed by atoms with Gasteiger partial charge in [0.2, 0.25) is 11.7 Å². The highest BCUT2D eigenvalue weighted by Gasteiger charge is 2.41. The summed E-state index contributed by atoms with van der Waals surface area (Å²) < 4.78 is 17.9. The van der Waals surface area contributed by atoms with Crippen LogP contribution in [-0.4, -0.2) is 44.0 Å². The van der Waals surface area contributed by atoms with Crippen LogP contribution in [0, 0.1) is 0 Å². The highest BCUT2D eigenvalue weighted by molar-refractivity contribution is 6.45. The van der Waals surface area contributed by atoms with Crippen LogP contribution in [-0.2, 0) is 31.5 Å². The number of rotatable bonds is 8. The second-order valence-electron chi connectivity index (χ2n) is 7.34. The minimum absolute atomic E-state index is 0.110. The zero-order valence-corrected chi connectivity index (χ0v) is 21.5. The molecule has 190 valence electrons. The molecule has 3 aromatic rings. The average molecular weight is 512 g/mol.